The fraction of sp³-hybridized carbons (Fsp3) is 0.636. The van der Waals surface area contributed by atoms with Gasteiger partial charge in [-0.25, -0.2) is 14.5 Å². The van der Waals surface area contributed by atoms with Gasteiger partial charge in [-0.3, -0.25) is 4.79 Å². The van der Waals surface area contributed by atoms with Crippen molar-refractivity contribution in [3.8, 4) is 0 Å². The number of carboxylic acids is 1. The Morgan fingerprint density at radius 1 is 1.68 bits per heavy atom. The lowest BCUT2D eigenvalue weighted by atomic mass is 10.2. The van der Waals surface area contributed by atoms with Crippen molar-refractivity contribution in [2.24, 2.45) is 0 Å². The summed E-state index contributed by atoms with van der Waals surface area (Å²) in [5.74, 6) is 1.20. The maximum atomic E-state index is 10.8. The van der Waals surface area contributed by atoms with Gasteiger partial charge < -0.3 is 10.4 Å². The van der Waals surface area contributed by atoms with E-state index in [-0.39, 0.29) is 0 Å². The smallest absolute Gasteiger partial charge is 0.326 e. The average molecular weight is 286 g/mol. The van der Waals surface area contributed by atoms with E-state index in [9.17, 15) is 9.59 Å². The first kappa shape index (κ1) is 15.5. The Kier molecular flexibility index (Phi) is 6.94. The van der Waals surface area contributed by atoms with Gasteiger partial charge in [0, 0.05) is 6.54 Å². The van der Waals surface area contributed by atoms with E-state index < -0.39 is 12.0 Å². The van der Waals surface area contributed by atoms with Gasteiger partial charge in [0.2, 0.25) is 6.41 Å². The van der Waals surface area contributed by atoms with E-state index in [1.165, 1.54) is 6.33 Å². The fourth-order valence-electron chi connectivity index (χ4n) is 1.52. The Labute approximate surface area is 115 Å². The maximum absolute atomic E-state index is 10.8. The van der Waals surface area contributed by atoms with Gasteiger partial charge in [-0.1, -0.05) is 6.92 Å². The Morgan fingerprint density at radius 2 is 2.47 bits per heavy atom. The number of aromatic nitrogens is 3. The second-order valence-electron chi connectivity index (χ2n) is 3.92. The van der Waals surface area contributed by atoms with Crippen LogP contribution in [0.2, 0.25) is 0 Å². The van der Waals surface area contributed by atoms with Crippen LogP contribution in [0.15, 0.2) is 6.33 Å². The molecule has 1 aromatic heterocycles. The van der Waals surface area contributed by atoms with Crippen molar-refractivity contribution >= 4 is 24.1 Å². The predicted molar refractivity (Wildman–Crippen MR) is 71.7 cm³/mol. The molecule has 0 radical (unpaired) electrons. The molecule has 0 fully saturated rings. The minimum Gasteiger partial charge on any atom is -0.480 e. The number of aryl methyl sites for hydroxylation is 1. The number of carboxylic acid groups (broad SMARTS) is 1. The summed E-state index contributed by atoms with van der Waals surface area (Å²) in [5.41, 5.74) is 0. The molecular weight excluding hydrogens is 268 g/mol. The van der Waals surface area contributed by atoms with Gasteiger partial charge in [-0.15, -0.1) is 0 Å². The maximum Gasteiger partial charge on any atom is 0.326 e. The lowest BCUT2D eigenvalue weighted by Crippen LogP contribution is -2.36. The number of hydrogen-bond donors (Lipinski definition) is 2. The minimum atomic E-state index is -1.01. The molecule has 1 aromatic rings. The molecule has 106 valence electrons. The first-order chi connectivity index (χ1) is 9.19. The zero-order chi connectivity index (χ0) is 14.1. The van der Waals surface area contributed by atoms with Crippen LogP contribution in [0.1, 0.15) is 25.6 Å². The van der Waals surface area contributed by atoms with Crippen molar-refractivity contribution < 1.29 is 14.7 Å². The van der Waals surface area contributed by atoms with Gasteiger partial charge in [0.1, 0.15) is 18.2 Å². The van der Waals surface area contributed by atoms with Crippen LogP contribution in [0.5, 0.6) is 0 Å². The van der Waals surface area contributed by atoms with Gasteiger partial charge in [0.15, 0.2) is 0 Å². The highest BCUT2D eigenvalue weighted by Gasteiger charge is 2.15. The molecule has 8 heteroatoms. The zero-order valence-corrected chi connectivity index (χ0v) is 11.6. The van der Waals surface area contributed by atoms with E-state index >= 15 is 0 Å². The highest BCUT2D eigenvalue weighted by Crippen LogP contribution is 2.12. The number of aliphatic carboxylic acids is 1. The number of nitrogens with one attached hydrogen (secondary N) is 1. The Balaban J connectivity index is 2.31. The summed E-state index contributed by atoms with van der Waals surface area (Å²) in [4.78, 5) is 25.2. The van der Waals surface area contributed by atoms with Crippen LogP contribution >= 0.6 is 11.8 Å². The average Bonchev–Trinajstić information content (AvgIpc) is 2.81. The Bertz CT molecular complexity index is 410. The van der Waals surface area contributed by atoms with Crippen molar-refractivity contribution in [2.75, 3.05) is 5.75 Å². The van der Waals surface area contributed by atoms with Crippen molar-refractivity contribution in [1.82, 2.24) is 20.1 Å². The van der Waals surface area contributed by atoms with Crippen LogP contribution in [0.4, 0.5) is 0 Å². The lowest BCUT2D eigenvalue weighted by Gasteiger charge is -2.10. The molecule has 0 spiro atoms. The summed E-state index contributed by atoms with van der Waals surface area (Å²) in [6.45, 7) is 2.90. The quantitative estimate of drug-likeness (QED) is 0.480. The van der Waals surface area contributed by atoms with Gasteiger partial charge >= 0.3 is 5.97 Å². The SMILES string of the molecule is CCCn1ncnc1CSCCC(NC=O)C(=O)O. The van der Waals surface area contributed by atoms with E-state index in [1.54, 1.807) is 11.8 Å². The second-order valence-corrected chi connectivity index (χ2v) is 5.02. The van der Waals surface area contributed by atoms with E-state index in [4.69, 9.17) is 5.11 Å². The van der Waals surface area contributed by atoms with Crippen molar-refractivity contribution in [3.05, 3.63) is 12.2 Å². The number of carbonyl (C=O) groups excluding carboxylic acids is 1. The number of carbonyl (C=O) groups is 2. The summed E-state index contributed by atoms with van der Waals surface area (Å²) >= 11 is 1.58. The van der Waals surface area contributed by atoms with Crippen LogP contribution in [0.3, 0.4) is 0 Å². The summed E-state index contributed by atoms with van der Waals surface area (Å²) in [7, 11) is 0. The summed E-state index contributed by atoms with van der Waals surface area (Å²) < 4.78 is 1.85. The van der Waals surface area contributed by atoms with E-state index in [1.807, 2.05) is 4.68 Å². The predicted octanol–water partition coefficient (Wildman–Crippen LogP) is 0.511. The van der Waals surface area contributed by atoms with Crippen molar-refractivity contribution in [2.45, 2.75) is 38.1 Å². The van der Waals surface area contributed by atoms with Crippen LogP contribution in [0, 0.1) is 0 Å². The molecule has 0 saturated heterocycles. The first-order valence-corrected chi connectivity index (χ1v) is 7.21. The second kappa shape index (κ2) is 8.52. The molecule has 0 aromatic carbocycles. The van der Waals surface area contributed by atoms with Gasteiger partial charge in [0.05, 0.1) is 5.75 Å². The molecular formula is C11H18N4O3S. The molecule has 2 N–H and O–H groups in total. The molecule has 1 heterocycles. The third-order valence-electron chi connectivity index (χ3n) is 2.48. The van der Waals surface area contributed by atoms with Crippen molar-refractivity contribution in [1.29, 1.82) is 0 Å². The number of nitrogens with zero attached hydrogens (tertiary/aromatic N) is 3. The van der Waals surface area contributed by atoms with E-state index in [0.29, 0.717) is 24.3 Å². The topological polar surface area (TPSA) is 97.1 Å². The molecule has 1 amide bonds. The normalized spacial score (nSPS) is 12.1. The molecule has 0 aliphatic heterocycles. The highest BCUT2D eigenvalue weighted by atomic mass is 32.2. The molecule has 7 nitrogen and oxygen atoms in total. The lowest BCUT2D eigenvalue weighted by molar-refractivity contribution is -0.140. The zero-order valence-electron chi connectivity index (χ0n) is 10.8. The van der Waals surface area contributed by atoms with E-state index in [0.717, 1.165) is 18.8 Å². The molecule has 0 saturated carbocycles. The van der Waals surface area contributed by atoms with Crippen LogP contribution < -0.4 is 5.32 Å². The first-order valence-electron chi connectivity index (χ1n) is 6.06. The number of amides is 1. The number of rotatable bonds is 10. The summed E-state index contributed by atoms with van der Waals surface area (Å²) in [6.07, 6.45) is 3.33. The van der Waals surface area contributed by atoms with Gasteiger partial charge in [-0.2, -0.15) is 16.9 Å². The molecule has 1 unspecified atom stereocenters. The number of thioether (sulfide) groups is 1. The Hall–Kier alpha value is -1.57. The third kappa shape index (κ3) is 5.29. The largest absolute Gasteiger partial charge is 0.480 e. The molecule has 0 aliphatic carbocycles. The van der Waals surface area contributed by atoms with Crippen LogP contribution in [-0.2, 0) is 21.9 Å². The van der Waals surface area contributed by atoms with E-state index in [2.05, 4.69) is 22.3 Å². The monoisotopic (exact) mass is 286 g/mol. The molecule has 1 atom stereocenters. The van der Waals surface area contributed by atoms with Crippen LogP contribution in [-0.4, -0.2) is 44.0 Å². The van der Waals surface area contributed by atoms with Gasteiger partial charge in [0.25, 0.3) is 0 Å². The third-order valence-corrected chi connectivity index (χ3v) is 3.47. The molecule has 0 bridgehead atoms. The van der Waals surface area contributed by atoms with Crippen LogP contribution in [0.25, 0.3) is 0 Å². The Morgan fingerprint density at radius 3 is 3.11 bits per heavy atom. The fourth-order valence-corrected chi connectivity index (χ4v) is 2.48. The van der Waals surface area contributed by atoms with Gasteiger partial charge in [-0.05, 0) is 18.6 Å². The number of hydrogen-bond acceptors (Lipinski definition) is 5. The molecule has 0 aliphatic rings. The molecule has 1 rings (SSSR count). The molecule has 19 heavy (non-hydrogen) atoms. The summed E-state index contributed by atoms with van der Waals surface area (Å²) in [5, 5.41) is 15.2. The summed E-state index contributed by atoms with van der Waals surface area (Å²) in [6, 6.07) is -0.821. The minimum absolute atomic E-state index is 0.390. The standard InChI is InChI=1S/C11H18N4O3S/c1-2-4-15-10(12-7-14-15)6-19-5-3-9(11(17)18)13-8-16/h7-9H,2-6H2,1H3,(H,13,16)(H,17,18). The highest BCUT2D eigenvalue weighted by molar-refractivity contribution is 7.98. The van der Waals surface area contributed by atoms with Crippen molar-refractivity contribution in [3.63, 3.8) is 0 Å².